The molecule has 0 radical (unpaired) electrons. The lowest BCUT2D eigenvalue weighted by molar-refractivity contribution is 0.346. The van der Waals surface area contributed by atoms with Crippen molar-refractivity contribution in [3.63, 3.8) is 0 Å². The van der Waals surface area contributed by atoms with Crippen LogP contribution in [0.1, 0.15) is 6.42 Å². The Morgan fingerprint density at radius 1 is 1.57 bits per heavy atom. The molecule has 4 N–H and O–H groups in total. The standard InChI is InChI=1S/C4H13N3/c1-7(6)4-2-3-5/h2-6H2,1H3. The second-order valence-electron chi connectivity index (χ2n) is 1.62. The summed E-state index contributed by atoms with van der Waals surface area (Å²) in [5, 5.41) is 1.63. The van der Waals surface area contributed by atoms with Crippen molar-refractivity contribution in [3.8, 4) is 0 Å². The predicted octanol–water partition coefficient (Wildman–Crippen LogP) is -0.859. The molecule has 0 aliphatic carbocycles. The number of hydrogen-bond acceptors (Lipinski definition) is 3. The monoisotopic (exact) mass is 103 g/mol. The molecule has 0 rings (SSSR count). The van der Waals surface area contributed by atoms with Crippen LogP contribution in [0.4, 0.5) is 0 Å². The summed E-state index contributed by atoms with van der Waals surface area (Å²) < 4.78 is 0. The van der Waals surface area contributed by atoms with Gasteiger partial charge in [0.2, 0.25) is 0 Å². The summed E-state index contributed by atoms with van der Waals surface area (Å²) in [7, 11) is 1.83. The Kier molecular flexibility index (Phi) is 3.98. The molecule has 0 aliphatic heterocycles. The van der Waals surface area contributed by atoms with Crippen molar-refractivity contribution >= 4 is 0 Å². The molecule has 0 aromatic carbocycles. The zero-order valence-electron chi connectivity index (χ0n) is 4.72. The first-order valence-corrected chi connectivity index (χ1v) is 2.43. The van der Waals surface area contributed by atoms with Gasteiger partial charge < -0.3 is 5.73 Å². The van der Waals surface area contributed by atoms with E-state index in [1.54, 1.807) is 5.01 Å². The minimum absolute atomic E-state index is 0.724. The minimum atomic E-state index is 0.724. The van der Waals surface area contributed by atoms with Gasteiger partial charge in [0, 0.05) is 13.6 Å². The molecule has 3 nitrogen and oxygen atoms in total. The molecule has 0 bridgehead atoms. The fourth-order valence-corrected chi connectivity index (χ4v) is 0.341. The van der Waals surface area contributed by atoms with Crippen LogP contribution >= 0.6 is 0 Å². The lowest BCUT2D eigenvalue weighted by atomic mass is 10.4. The Morgan fingerprint density at radius 2 is 2.14 bits per heavy atom. The fraction of sp³-hybridized carbons (Fsp3) is 1.00. The molecule has 7 heavy (non-hydrogen) atoms. The maximum absolute atomic E-state index is 5.26. The molecule has 0 aromatic rings. The molecule has 0 atom stereocenters. The second kappa shape index (κ2) is 4.05. The van der Waals surface area contributed by atoms with Gasteiger partial charge in [-0.25, -0.2) is 0 Å². The average molecular weight is 103 g/mol. The van der Waals surface area contributed by atoms with Crippen LogP contribution in [0.2, 0.25) is 0 Å². The molecular weight excluding hydrogens is 90.1 g/mol. The van der Waals surface area contributed by atoms with Crippen molar-refractivity contribution in [2.24, 2.45) is 11.6 Å². The topological polar surface area (TPSA) is 55.3 Å². The van der Waals surface area contributed by atoms with E-state index in [-0.39, 0.29) is 0 Å². The summed E-state index contributed by atoms with van der Waals surface area (Å²) in [4.78, 5) is 0. The lowest BCUT2D eigenvalue weighted by Crippen LogP contribution is -2.28. The molecule has 0 spiro atoms. The van der Waals surface area contributed by atoms with E-state index in [0.29, 0.717) is 0 Å². The van der Waals surface area contributed by atoms with Gasteiger partial charge in [0.15, 0.2) is 0 Å². The minimum Gasteiger partial charge on any atom is -0.330 e. The Morgan fingerprint density at radius 3 is 2.29 bits per heavy atom. The molecule has 0 saturated heterocycles. The van der Waals surface area contributed by atoms with Crippen molar-refractivity contribution in [2.45, 2.75) is 6.42 Å². The summed E-state index contributed by atoms with van der Waals surface area (Å²) >= 11 is 0. The molecule has 0 fully saturated rings. The van der Waals surface area contributed by atoms with E-state index in [1.807, 2.05) is 7.05 Å². The van der Waals surface area contributed by atoms with Crippen molar-refractivity contribution in [3.05, 3.63) is 0 Å². The summed E-state index contributed by atoms with van der Waals surface area (Å²) in [5.41, 5.74) is 5.19. The Labute approximate surface area is 44.2 Å². The van der Waals surface area contributed by atoms with Crippen LogP contribution in [0, 0.1) is 0 Å². The van der Waals surface area contributed by atoms with Gasteiger partial charge >= 0.3 is 0 Å². The van der Waals surface area contributed by atoms with Crippen LogP contribution in [0.15, 0.2) is 0 Å². The quantitative estimate of drug-likeness (QED) is 0.361. The third-order valence-electron chi connectivity index (χ3n) is 0.715. The van der Waals surface area contributed by atoms with Crippen LogP contribution in [-0.2, 0) is 0 Å². The molecular formula is C4H13N3. The number of hydrogen-bond donors (Lipinski definition) is 2. The molecule has 44 valence electrons. The van der Waals surface area contributed by atoms with Crippen molar-refractivity contribution in [1.29, 1.82) is 0 Å². The third kappa shape index (κ3) is 5.88. The summed E-state index contributed by atoms with van der Waals surface area (Å²) in [5.74, 6) is 5.26. The highest BCUT2D eigenvalue weighted by Crippen LogP contribution is 1.73. The average Bonchev–Trinajstić information content (AvgIpc) is 1.61. The largest absolute Gasteiger partial charge is 0.330 e. The van der Waals surface area contributed by atoms with E-state index in [9.17, 15) is 0 Å². The van der Waals surface area contributed by atoms with Crippen LogP contribution < -0.4 is 11.6 Å². The summed E-state index contributed by atoms with van der Waals surface area (Å²) in [6.45, 7) is 1.61. The Balaban J connectivity index is 2.68. The van der Waals surface area contributed by atoms with Crippen LogP contribution in [0.25, 0.3) is 0 Å². The Bertz CT molecular complexity index is 35.9. The third-order valence-corrected chi connectivity index (χ3v) is 0.715. The van der Waals surface area contributed by atoms with Gasteiger partial charge in [0.25, 0.3) is 0 Å². The van der Waals surface area contributed by atoms with E-state index in [2.05, 4.69) is 0 Å². The van der Waals surface area contributed by atoms with Crippen LogP contribution in [-0.4, -0.2) is 25.1 Å². The van der Waals surface area contributed by atoms with Crippen LogP contribution in [0.5, 0.6) is 0 Å². The van der Waals surface area contributed by atoms with Gasteiger partial charge in [-0.1, -0.05) is 0 Å². The van der Waals surface area contributed by atoms with Gasteiger partial charge in [0.1, 0.15) is 0 Å². The maximum atomic E-state index is 5.26. The first-order valence-electron chi connectivity index (χ1n) is 2.43. The Hall–Kier alpha value is -0.120. The van der Waals surface area contributed by atoms with Gasteiger partial charge in [0.05, 0.1) is 0 Å². The lowest BCUT2D eigenvalue weighted by Gasteiger charge is -2.05. The number of nitrogens with two attached hydrogens (primary N) is 2. The maximum Gasteiger partial charge on any atom is 0.0137 e. The zero-order valence-corrected chi connectivity index (χ0v) is 4.72. The van der Waals surface area contributed by atoms with Gasteiger partial charge in [-0.15, -0.1) is 0 Å². The molecule has 0 amide bonds. The molecule has 0 aromatic heterocycles. The fourth-order valence-electron chi connectivity index (χ4n) is 0.341. The molecule has 0 saturated carbocycles. The normalized spacial score (nSPS) is 10.3. The smallest absolute Gasteiger partial charge is 0.0137 e. The van der Waals surface area contributed by atoms with Gasteiger partial charge in [-0.3, -0.25) is 10.9 Å². The summed E-state index contributed by atoms with van der Waals surface area (Å²) in [6, 6.07) is 0. The molecule has 3 heteroatoms. The highest BCUT2D eigenvalue weighted by Gasteiger charge is 1.84. The zero-order chi connectivity index (χ0) is 5.70. The first-order chi connectivity index (χ1) is 3.27. The number of hydrazine groups is 1. The van der Waals surface area contributed by atoms with E-state index in [0.717, 1.165) is 19.5 Å². The second-order valence-corrected chi connectivity index (χ2v) is 1.62. The highest BCUT2D eigenvalue weighted by molar-refractivity contribution is 4.40. The van der Waals surface area contributed by atoms with Crippen molar-refractivity contribution < 1.29 is 0 Å². The van der Waals surface area contributed by atoms with E-state index in [4.69, 9.17) is 11.6 Å². The van der Waals surface area contributed by atoms with E-state index in [1.165, 1.54) is 0 Å². The van der Waals surface area contributed by atoms with E-state index >= 15 is 0 Å². The molecule has 0 aliphatic rings. The predicted molar refractivity (Wildman–Crippen MR) is 30.5 cm³/mol. The van der Waals surface area contributed by atoms with Gasteiger partial charge in [-0.05, 0) is 13.0 Å². The highest BCUT2D eigenvalue weighted by atomic mass is 15.4. The summed E-state index contributed by atoms with van der Waals surface area (Å²) in [6.07, 6.45) is 0.979. The number of rotatable bonds is 3. The SMILES string of the molecule is CN(N)CCCN. The molecule has 0 unspecified atom stereocenters. The first kappa shape index (κ1) is 6.88. The molecule has 0 heterocycles. The van der Waals surface area contributed by atoms with Crippen LogP contribution in [0.3, 0.4) is 0 Å². The van der Waals surface area contributed by atoms with Gasteiger partial charge in [-0.2, -0.15) is 0 Å². The van der Waals surface area contributed by atoms with Crippen molar-refractivity contribution in [2.75, 3.05) is 20.1 Å². The number of nitrogens with zero attached hydrogens (tertiary/aromatic N) is 1. The van der Waals surface area contributed by atoms with Crippen molar-refractivity contribution in [1.82, 2.24) is 5.01 Å². The van der Waals surface area contributed by atoms with E-state index < -0.39 is 0 Å².